The summed E-state index contributed by atoms with van der Waals surface area (Å²) in [5, 5.41) is 3.41. The Morgan fingerprint density at radius 1 is 1.37 bits per heavy atom. The van der Waals surface area contributed by atoms with E-state index < -0.39 is 0 Å². The molecule has 0 radical (unpaired) electrons. The first kappa shape index (κ1) is 13.9. The number of rotatable bonds is 7. The van der Waals surface area contributed by atoms with Gasteiger partial charge in [0, 0.05) is 30.9 Å². The molecule has 19 heavy (non-hydrogen) atoms. The van der Waals surface area contributed by atoms with Gasteiger partial charge >= 0.3 is 0 Å². The maximum Gasteiger partial charge on any atom is 0.124 e. The van der Waals surface area contributed by atoms with Crippen LogP contribution >= 0.6 is 0 Å². The molecule has 0 fully saturated rings. The predicted octanol–water partition coefficient (Wildman–Crippen LogP) is 2.89. The van der Waals surface area contributed by atoms with Crippen LogP contribution in [-0.4, -0.2) is 16.1 Å². The first-order chi connectivity index (χ1) is 9.24. The van der Waals surface area contributed by atoms with Gasteiger partial charge < -0.3 is 14.3 Å². The molecule has 0 spiro atoms. The van der Waals surface area contributed by atoms with Crippen LogP contribution in [0.5, 0.6) is 0 Å². The molecular formula is C15H23N3O. The van der Waals surface area contributed by atoms with E-state index in [1.807, 2.05) is 19.3 Å². The number of furan rings is 1. The lowest BCUT2D eigenvalue weighted by molar-refractivity contribution is 0.463. The average molecular weight is 261 g/mol. The van der Waals surface area contributed by atoms with Crippen LogP contribution in [0.15, 0.2) is 22.9 Å². The molecule has 104 valence electrons. The molecule has 2 rings (SSSR count). The van der Waals surface area contributed by atoms with E-state index in [1.165, 1.54) is 5.56 Å². The third kappa shape index (κ3) is 3.47. The number of aromatic nitrogens is 2. The molecule has 0 aliphatic heterocycles. The summed E-state index contributed by atoms with van der Waals surface area (Å²) in [6.45, 7) is 9.01. The fourth-order valence-corrected chi connectivity index (χ4v) is 2.21. The minimum absolute atomic E-state index is 0.762. The number of hydrogen-bond donors (Lipinski definition) is 1. The molecule has 1 N–H and O–H groups in total. The molecule has 0 aromatic carbocycles. The van der Waals surface area contributed by atoms with Crippen molar-refractivity contribution < 1.29 is 4.42 Å². The van der Waals surface area contributed by atoms with Crippen LogP contribution in [0.3, 0.4) is 0 Å². The van der Waals surface area contributed by atoms with Crippen molar-refractivity contribution in [2.24, 2.45) is 0 Å². The summed E-state index contributed by atoms with van der Waals surface area (Å²) in [6, 6.07) is 2.15. The lowest BCUT2D eigenvalue weighted by Crippen LogP contribution is -2.13. The summed E-state index contributed by atoms with van der Waals surface area (Å²) >= 11 is 0. The van der Waals surface area contributed by atoms with Crippen molar-refractivity contribution in [3.05, 3.63) is 41.4 Å². The van der Waals surface area contributed by atoms with Crippen LogP contribution < -0.4 is 5.32 Å². The summed E-state index contributed by atoms with van der Waals surface area (Å²) in [5.74, 6) is 3.11. The van der Waals surface area contributed by atoms with Crippen LogP contribution in [-0.2, 0) is 19.5 Å². The number of nitrogens with one attached hydrogen (secondary N) is 1. The number of imidazole rings is 1. The van der Waals surface area contributed by atoms with Gasteiger partial charge in [-0.25, -0.2) is 4.98 Å². The Labute approximate surface area is 114 Å². The van der Waals surface area contributed by atoms with Crippen molar-refractivity contribution >= 4 is 0 Å². The summed E-state index contributed by atoms with van der Waals surface area (Å²) in [7, 11) is 0. The van der Waals surface area contributed by atoms with Gasteiger partial charge in [0.1, 0.15) is 17.3 Å². The molecule has 0 unspecified atom stereocenters. The smallest absolute Gasteiger partial charge is 0.124 e. The van der Waals surface area contributed by atoms with Crippen LogP contribution in [0.25, 0.3) is 0 Å². The zero-order valence-corrected chi connectivity index (χ0v) is 12.1. The zero-order chi connectivity index (χ0) is 13.7. The average Bonchev–Trinajstić information content (AvgIpc) is 2.97. The zero-order valence-electron chi connectivity index (χ0n) is 12.1. The van der Waals surface area contributed by atoms with Crippen molar-refractivity contribution in [2.45, 2.75) is 46.7 Å². The summed E-state index contributed by atoms with van der Waals surface area (Å²) in [6.07, 6.45) is 5.94. The second-order valence-corrected chi connectivity index (χ2v) is 4.80. The second kappa shape index (κ2) is 6.57. The molecule has 0 aliphatic carbocycles. The molecule has 4 nitrogen and oxygen atoms in total. The van der Waals surface area contributed by atoms with Gasteiger partial charge in [0.15, 0.2) is 0 Å². The van der Waals surface area contributed by atoms with Crippen molar-refractivity contribution in [2.75, 3.05) is 6.54 Å². The molecule has 0 bridgehead atoms. The maximum absolute atomic E-state index is 5.83. The van der Waals surface area contributed by atoms with Crippen molar-refractivity contribution in [3.8, 4) is 0 Å². The SMILES string of the molecule is CCCNCc1cc(Cn2ccnc2CC)oc1C. The molecule has 0 atom stereocenters. The molecule has 4 heteroatoms. The van der Waals surface area contributed by atoms with Gasteiger partial charge in [-0.3, -0.25) is 0 Å². The van der Waals surface area contributed by atoms with Gasteiger partial charge in [-0.15, -0.1) is 0 Å². The topological polar surface area (TPSA) is 43.0 Å². The standard InChI is InChI=1S/C15H23N3O/c1-4-6-16-10-13-9-14(19-12(13)3)11-18-8-7-17-15(18)5-2/h7-9,16H,4-6,10-11H2,1-3H3. The van der Waals surface area contributed by atoms with Crippen LogP contribution in [0.1, 0.15) is 43.2 Å². The maximum atomic E-state index is 5.83. The highest BCUT2D eigenvalue weighted by Crippen LogP contribution is 2.16. The van der Waals surface area contributed by atoms with E-state index >= 15 is 0 Å². The van der Waals surface area contributed by atoms with Crippen LogP contribution in [0.4, 0.5) is 0 Å². The highest BCUT2D eigenvalue weighted by Gasteiger charge is 2.09. The summed E-state index contributed by atoms with van der Waals surface area (Å²) in [4.78, 5) is 4.33. The van der Waals surface area contributed by atoms with Gasteiger partial charge in [0.25, 0.3) is 0 Å². The quantitative estimate of drug-likeness (QED) is 0.779. The largest absolute Gasteiger partial charge is 0.464 e. The van der Waals surface area contributed by atoms with Crippen molar-refractivity contribution in [1.29, 1.82) is 0 Å². The minimum atomic E-state index is 0.762. The highest BCUT2D eigenvalue weighted by molar-refractivity contribution is 5.21. The van der Waals surface area contributed by atoms with E-state index in [1.54, 1.807) is 0 Å². The number of hydrogen-bond acceptors (Lipinski definition) is 3. The molecule has 0 saturated heterocycles. The fraction of sp³-hybridized carbons (Fsp3) is 0.533. The summed E-state index contributed by atoms with van der Waals surface area (Å²) in [5.41, 5.74) is 1.25. The first-order valence-corrected chi connectivity index (χ1v) is 7.03. The number of nitrogens with zero attached hydrogens (tertiary/aromatic N) is 2. The van der Waals surface area contributed by atoms with Crippen LogP contribution in [0.2, 0.25) is 0 Å². The van der Waals surface area contributed by atoms with Gasteiger partial charge in [-0.2, -0.15) is 0 Å². The van der Waals surface area contributed by atoms with E-state index in [2.05, 4.69) is 34.8 Å². The van der Waals surface area contributed by atoms with Gasteiger partial charge in [0.2, 0.25) is 0 Å². The first-order valence-electron chi connectivity index (χ1n) is 7.03. The van der Waals surface area contributed by atoms with Crippen LogP contribution in [0, 0.1) is 6.92 Å². The monoisotopic (exact) mass is 261 g/mol. The Kier molecular flexibility index (Phi) is 4.80. The van der Waals surface area contributed by atoms with E-state index in [0.29, 0.717) is 0 Å². The third-order valence-electron chi connectivity index (χ3n) is 3.26. The lowest BCUT2D eigenvalue weighted by atomic mass is 10.2. The van der Waals surface area contributed by atoms with Gasteiger partial charge in [-0.1, -0.05) is 13.8 Å². The molecule has 0 amide bonds. The fourth-order valence-electron chi connectivity index (χ4n) is 2.21. The molecule has 0 saturated carbocycles. The normalized spacial score (nSPS) is 11.1. The Morgan fingerprint density at radius 2 is 2.21 bits per heavy atom. The summed E-state index contributed by atoms with van der Waals surface area (Å²) < 4.78 is 7.97. The van der Waals surface area contributed by atoms with Gasteiger partial charge in [0.05, 0.1) is 6.54 Å². The van der Waals surface area contributed by atoms with E-state index in [-0.39, 0.29) is 0 Å². The molecule has 2 aromatic rings. The Bertz CT molecular complexity index is 513. The van der Waals surface area contributed by atoms with Crippen molar-refractivity contribution in [1.82, 2.24) is 14.9 Å². The minimum Gasteiger partial charge on any atom is -0.464 e. The predicted molar refractivity (Wildman–Crippen MR) is 76.1 cm³/mol. The van der Waals surface area contributed by atoms with Crippen molar-refractivity contribution in [3.63, 3.8) is 0 Å². The third-order valence-corrected chi connectivity index (χ3v) is 3.26. The molecule has 2 aromatic heterocycles. The lowest BCUT2D eigenvalue weighted by Gasteiger charge is -2.03. The molecule has 0 aliphatic rings. The number of aryl methyl sites for hydroxylation is 2. The Hall–Kier alpha value is -1.55. The second-order valence-electron chi connectivity index (χ2n) is 4.80. The van der Waals surface area contributed by atoms with Gasteiger partial charge in [-0.05, 0) is 26.0 Å². The highest BCUT2D eigenvalue weighted by atomic mass is 16.3. The Balaban J connectivity index is 2.03. The van der Waals surface area contributed by atoms with E-state index in [9.17, 15) is 0 Å². The molecule has 2 heterocycles. The Morgan fingerprint density at radius 3 is 2.95 bits per heavy atom. The van der Waals surface area contributed by atoms with E-state index in [0.717, 1.165) is 49.8 Å². The molecular weight excluding hydrogens is 238 g/mol. The van der Waals surface area contributed by atoms with E-state index in [4.69, 9.17) is 4.42 Å².